The Kier molecular flexibility index (Phi) is 10.5. The maximum absolute atomic E-state index is 14.1. The fourth-order valence-electron chi connectivity index (χ4n) is 4.41. The van der Waals surface area contributed by atoms with Crippen LogP contribution in [0.1, 0.15) is 48.9 Å². The minimum absolute atomic E-state index is 0.0163. The van der Waals surface area contributed by atoms with Gasteiger partial charge in [0.25, 0.3) is 10.0 Å². The first-order valence-electron chi connectivity index (χ1n) is 13.5. The molecule has 7 nitrogen and oxygen atoms in total. The highest BCUT2D eigenvalue weighted by atomic mass is 32.2. The molecule has 0 saturated carbocycles. The smallest absolute Gasteiger partial charge is 0.264 e. The van der Waals surface area contributed by atoms with Crippen LogP contribution < -0.4 is 9.62 Å². The number of nitrogens with one attached hydrogen (secondary N) is 1. The lowest BCUT2D eigenvalue weighted by molar-refractivity contribution is -0.140. The maximum atomic E-state index is 14.1. The lowest BCUT2D eigenvalue weighted by Gasteiger charge is -2.33. The van der Waals surface area contributed by atoms with Crippen molar-refractivity contribution in [1.29, 1.82) is 0 Å². The number of carbonyl (C=O) groups is 2. The molecule has 0 saturated heterocycles. The van der Waals surface area contributed by atoms with Crippen molar-refractivity contribution in [2.24, 2.45) is 0 Å². The van der Waals surface area contributed by atoms with Gasteiger partial charge in [0.1, 0.15) is 18.4 Å². The molecule has 0 aliphatic rings. The van der Waals surface area contributed by atoms with E-state index >= 15 is 0 Å². The predicted octanol–water partition coefficient (Wildman–Crippen LogP) is 5.28. The summed E-state index contributed by atoms with van der Waals surface area (Å²) in [5, 5.41) is 2.85. The number of hydrogen-bond donors (Lipinski definition) is 1. The first-order valence-corrected chi connectivity index (χ1v) is 14.9. The Hall–Kier alpha value is -3.72. The lowest BCUT2D eigenvalue weighted by Crippen LogP contribution is -2.52. The fourth-order valence-corrected chi connectivity index (χ4v) is 5.88. The zero-order valence-corrected chi connectivity index (χ0v) is 24.6. The van der Waals surface area contributed by atoms with E-state index in [1.807, 2.05) is 32.9 Å². The average molecular weight is 568 g/mol. The van der Waals surface area contributed by atoms with Crippen LogP contribution in [0.3, 0.4) is 0 Å². The molecule has 9 heteroatoms. The summed E-state index contributed by atoms with van der Waals surface area (Å²) in [6.07, 6.45) is 1.04. The van der Waals surface area contributed by atoms with Crippen LogP contribution in [0, 0.1) is 26.6 Å². The molecule has 214 valence electrons. The largest absolute Gasteiger partial charge is 0.354 e. The van der Waals surface area contributed by atoms with Crippen LogP contribution in [-0.4, -0.2) is 44.3 Å². The zero-order chi connectivity index (χ0) is 29.4. The molecular weight excluding hydrogens is 529 g/mol. The van der Waals surface area contributed by atoms with Crippen LogP contribution in [0.15, 0.2) is 71.6 Å². The Morgan fingerprint density at radius 3 is 2.12 bits per heavy atom. The number of nitrogens with zero attached hydrogens (tertiary/aromatic N) is 2. The van der Waals surface area contributed by atoms with Gasteiger partial charge in [-0.15, -0.1) is 0 Å². The van der Waals surface area contributed by atoms with Crippen molar-refractivity contribution in [1.82, 2.24) is 10.2 Å². The number of aryl methyl sites for hydroxylation is 3. The van der Waals surface area contributed by atoms with Gasteiger partial charge in [-0.25, -0.2) is 12.8 Å². The van der Waals surface area contributed by atoms with E-state index in [0.717, 1.165) is 21.9 Å². The van der Waals surface area contributed by atoms with E-state index in [1.54, 1.807) is 44.2 Å². The standard InChI is InChI=1S/C31H38FN3O4S/c1-6-18-33-31(37)28(7-2)34(20-25-12-14-26(32)15-13-25)30(36)21-35(29-19-23(4)8-11-24(29)5)40(38,39)27-16-9-22(3)10-17-27/h8-17,19,28H,6-7,18,20-21H2,1-5H3,(H,33,37). The van der Waals surface area contributed by atoms with E-state index in [2.05, 4.69) is 5.32 Å². The molecule has 0 aromatic heterocycles. The monoisotopic (exact) mass is 567 g/mol. The SMILES string of the molecule is CCCNC(=O)C(CC)N(Cc1ccc(F)cc1)C(=O)CN(c1cc(C)ccc1C)S(=O)(=O)c1ccc(C)cc1. The second kappa shape index (κ2) is 13.6. The molecular formula is C31H38FN3O4S. The van der Waals surface area contributed by atoms with Crippen molar-refractivity contribution in [3.8, 4) is 0 Å². The van der Waals surface area contributed by atoms with Gasteiger partial charge in [0.15, 0.2) is 0 Å². The minimum atomic E-state index is -4.15. The minimum Gasteiger partial charge on any atom is -0.354 e. The number of hydrogen-bond acceptors (Lipinski definition) is 4. The summed E-state index contributed by atoms with van der Waals surface area (Å²) in [5.41, 5.74) is 3.44. The van der Waals surface area contributed by atoms with Gasteiger partial charge in [0.05, 0.1) is 10.6 Å². The quantitative estimate of drug-likeness (QED) is 0.323. The Morgan fingerprint density at radius 2 is 1.52 bits per heavy atom. The highest BCUT2D eigenvalue weighted by Gasteiger charge is 2.34. The molecule has 0 spiro atoms. The van der Waals surface area contributed by atoms with Crippen LogP contribution >= 0.6 is 0 Å². The summed E-state index contributed by atoms with van der Waals surface area (Å²) in [4.78, 5) is 28.7. The summed E-state index contributed by atoms with van der Waals surface area (Å²) in [6, 6.07) is 16.8. The van der Waals surface area contributed by atoms with Crippen molar-refractivity contribution in [2.75, 3.05) is 17.4 Å². The van der Waals surface area contributed by atoms with Gasteiger partial charge >= 0.3 is 0 Å². The number of rotatable bonds is 12. The molecule has 0 radical (unpaired) electrons. The number of anilines is 1. The fraction of sp³-hybridized carbons (Fsp3) is 0.355. The lowest BCUT2D eigenvalue weighted by atomic mass is 10.1. The van der Waals surface area contributed by atoms with E-state index in [4.69, 9.17) is 0 Å². The normalized spacial score (nSPS) is 12.1. The Bertz CT molecular complexity index is 1420. The van der Waals surface area contributed by atoms with Crippen LogP contribution in [0.2, 0.25) is 0 Å². The van der Waals surface area contributed by atoms with E-state index in [9.17, 15) is 22.4 Å². The molecule has 0 aliphatic carbocycles. The third kappa shape index (κ3) is 7.47. The molecule has 1 N–H and O–H groups in total. The van der Waals surface area contributed by atoms with Crippen molar-refractivity contribution in [2.45, 2.75) is 64.9 Å². The highest BCUT2D eigenvalue weighted by molar-refractivity contribution is 7.92. The average Bonchev–Trinajstić information content (AvgIpc) is 2.93. The van der Waals surface area contributed by atoms with Crippen LogP contribution in [0.25, 0.3) is 0 Å². The third-order valence-electron chi connectivity index (χ3n) is 6.72. The topological polar surface area (TPSA) is 86.8 Å². The number of sulfonamides is 1. The van der Waals surface area contributed by atoms with Gasteiger partial charge in [0.2, 0.25) is 11.8 Å². The zero-order valence-electron chi connectivity index (χ0n) is 23.8. The summed E-state index contributed by atoms with van der Waals surface area (Å²) >= 11 is 0. The van der Waals surface area contributed by atoms with E-state index < -0.39 is 34.3 Å². The van der Waals surface area contributed by atoms with Gasteiger partial charge in [-0.1, -0.05) is 55.8 Å². The summed E-state index contributed by atoms with van der Waals surface area (Å²) in [5.74, 6) is -1.28. The second-order valence-corrected chi connectivity index (χ2v) is 11.8. The summed E-state index contributed by atoms with van der Waals surface area (Å²) in [7, 11) is -4.15. The molecule has 0 heterocycles. The molecule has 3 rings (SSSR count). The Labute approximate surface area is 237 Å². The Morgan fingerprint density at radius 1 is 0.900 bits per heavy atom. The Balaban J connectivity index is 2.09. The van der Waals surface area contributed by atoms with E-state index in [1.165, 1.54) is 29.2 Å². The maximum Gasteiger partial charge on any atom is 0.264 e. The molecule has 0 aliphatic heterocycles. The van der Waals surface area contributed by atoms with Gasteiger partial charge in [0, 0.05) is 13.1 Å². The van der Waals surface area contributed by atoms with Gasteiger partial charge in [-0.05, 0) is 80.6 Å². The molecule has 3 aromatic rings. The van der Waals surface area contributed by atoms with Gasteiger partial charge < -0.3 is 10.2 Å². The van der Waals surface area contributed by atoms with Crippen molar-refractivity contribution in [3.63, 3.8) is 0 Å². The summed E-state index contributed by atoms with van der Waals surface area (Å²) < 4.78 is 42.7. The highest BCUT2D eigenvalue weighted by Crippen LogP contribution is 2.29. The first-order chi connectivity index (χ1) is 19.0. The number of amides is 2. The van der Waals surface area contributed by atoms with Crippen LogP contribution in [0.4, 0.5) is 10.1 Å². The van der Waals surface area contributed by atoms with Crippen molar-refractivity contribution < 1.29 is 22.4 Å². The molecule has 0 fully saturated rings. The molecule has 40 heavy (non-hydrogen) atoms. The number of benzene rings is 3. The second-order valence-electron chi connectivity index (χ2n) is 9.98. The molecule has 2 amide bonds. The molecule has 1 atom stereocenters. The number of carbonyl (C=O) groups excluding carboxylic acids is 2. The first kappa shape index (κ1) is 30.8. The molecule has 3 aromatic carbocycles. The van der Waals surface area contributed by atoms with E-state index in [0.29, 0.717) is 29.8 Å². The van der Waals surface area contributed by atoms with E-state index in [-0.39, 0.29) is 17.3 Å². The molecule has 1 unspecified atom stereocenters. The van der Waals surface area contributed by atoms with Crippen LogP contribution in [0.5, 0.6) is 0 Å². The van der Waals surface area contributed by atoms with Crippen molar-refractivity contribution >= 4 is 27.5 Å². The van der Waals surface area contributed by atoms with Gasteiger partial charge in [-0.2, -0.15) is 0 Å². The third-order valence-corrected chi connectivity index (χ3v) is 8.50. The van der Waals surface area contributed by atoms with Gasteiger partial charge in [-0.3, -0.25) is 13.9 Å². The van der Waals surface area contributed by atoms with Crippen LogP contribution in [-0.2, 0) is 26.2 Å². The number of halogens is 1. The molecule has 0 bridgehead atoms. The van der Waals surface area contributed by atoms with Crippen molar-refractivity contribution in [3.05, 3.63) is 94.8 Å². The predicted molar refractivity (Wildman–Crippen MR) is 156 cm³/mol. The summed E-state index contributed by atoms with van der Waals surface area (Å²) in [6.45, 7) is 9.19.